The van der Waals surface area contributed by atoms with Crippen LogP contribution in [0.1, 0.15) is 25.3 Å². The van der Waals surface area contributed by atoms with E-state index in [4.69, 9.17) is 4.74 Å². The molecule has 1 aromatic rings. The molecular weight excluding hydrogens is 266 g/mol. The van der Waals surface area contributed by atoms with Crippen molar-refractivity contribution in [1.82, 2.24) is 4.90 Å². The molecule has 0 bridgehead atoms. The number of hydrogen-bond acceptors (Lipinski definition) is 3. The number of amides is 1. The van der Waals surface area contributed by atoms with Gasteiger partial charge in [-0.3, -0.25) is 4.79 Å². The molecule has 1 N–H and O–H groups in total. The monoisotopic (exact) mass is 291 g/mol. The van der Waals surface area contributed by atoms with Crippen molar-refractivity contribution >= 4 is 5.91 Å². The summed E-state index contributed by atoms with van der Waals surface area (Å²) in [5, 5.41) is 9.24. The van der Waals surface area contributed by atoms with Crippen LogP contribution in [0.4, 0.5) is 0 Å². The smallest absolute Gasteiger partial charge is 0.226 e. The lowest BCUT2D eigenvalue weighted by Crippen LogP contribution is -2.40. The predicted molar refractivity (Wildman–Crippen MR) is 81.7 cm³/mol. The first-order valence-electron chi connectivity index (χ1n) is 7.73. The zero-order chi connectivity index (χ0) is 15.1. The highest BCUT2D eigenvalue weighted by Gasteiger charge is 2.29. The summed E-state index contributed by atoms with van der Waals surface area (Å²) in [6, 6.07) is 9.93. The fourth-order valence-corrected chi connectivity index (χ4v) is 2.90. The third-order valence-corrected chi connectivity index (χ3v) is 4.26. The Bertz CT molecular complexity index is 429. The average molecular weight is 291 g/mol. The van der Waals surface area contributed by atoms with Crippen molar-refractivity contribution in [2.75, 3.05) is 26.4 Å². The second-order valence-electron chi connectivity index (χ2n) is 5.71. The van der Waals surface area contributed by atoms with E-state index >= 15 is 0 Å². The highest BCUT2D eigenvalue weighted by atomic mass is 16.5. The summed E-state index contributed by atoms with van der Waals surface area (Å²) < 4.78 is 5.37. The molecule has 0 aliphatic carbocycles. The first-order chi connectivity index (χ1) is 10.2. The number of hydrogen-bond donors (Lipinski definition) is 1. The van der Waals surface area contributed by atoms with Gasteiger partial charge < -0.3 is 14.7 Å². The molecule has 1 atom stereocenters. The third kappa shape index (κ3) is 4.55. The van der Waals surface area contributed by atoms with Crippen LogP contribution in [0.2, 0.25) is 0 Å². The van der Waals surface area contributed by atoms with E-state index in [1.54, 1.807) is 4.90 Å². The lowest BCUT2D eigenvalue weighted by molar-refractivity contribution is -0.139. The van der Waals surface area contributed by atoms with Crippen molar-refractivity contribution in [1.29, 1.82) is 0 Å². The van der Waals surface area contributed by atoms with Crippen molar-refractivity contribution in [3.63, 3.8) is 0 Å². The number of rotatable bonds is 6. The zero-order valence-corrected chi connectivity index (χ0v) is 12.7. The van der Waals surface area contributed by atoms with Crippen LogP contribution < -0.4 is 0 Å². The third-order valence-electron chi connectivity index (χ3n) is 4.26. The van der Waals surface area contributed by atoms with E-state index in [0.29, 0.717) is 19.0 Å². The molecule has 1 aliphatic rings. The van der Waals surface area contributed by atoms with Crippen molar-refractivity contribution in [3.05, 3.63) is 35.9 Å². The molecule has 1 unspecified atom stereocenters. The molecule has 0 aromatic heterocycles. The van der Waals surface area contributed by atoms with Crippen molar-refractivity contribution in [3.8, 4) is 0 Å². The van der Waals surface area contributed by atoms with Gasteiger partial charge in [-0.05, 0) is 24.3 Å². The summed E-state index contributed by atoms with van der Waals surface area (Å²) in [6.45, 7) is 4.46. The molecular formula is C17H25NO3. The van der Waals surface area contributed by atoms with E-state index in [9.17, 15) is 9.90 Å². The normalized spacial score (nSPS) is 17.4. The van der Waals surface area contributed by atoms with E-state index < -0.39 is 0 Å². The Balaban J connectivity index is 2.00. The molecule has 1 saturated heterocycles. The molecule has 0 spiro atoms. The largest absolute Gasteiger partial charge is 0.395 e. The second kappa shape index (κ2) is 8.15. The maximum absolute atomic E-state index is 12.7. The van der Waals surface area contributed by atoms with Gasteiger partial charge in [0.05, 0.1) is 6.61 Å². The first kappa shape index (κ1) is 16.0. The molecule has 1 aliphatic heterocycles. The van der Waals surface area contributed by atoms with Crippen LogP contribution in [0, 0.1) is 11.8 Å². The first-order valence-corrected chi connectivity index (χ1v) is 7.73. The Morgan fingerprint density at radius 2 is 2.00 bits per heavy atom. The highest BCUT2D eigenvalue weighted by molar-refractivity contribution is 5.78. The molecule has 1 aromatic carbocycles. The van der Waals surface area contributed by atoms with Crippen LogP contribution in [0.3, 0.4) is 0 Å². The summed E-state index contributed by atoms with van der Waals surface area (Å²) in [4.78, 5) is 14.5. The van der Waals surface area contributed by atoms with E-state index in [0.717, 1.165) is 31.6 Å². The molecule has 0 radical (unpaired) electrons. The van der Waals surface area contributed by atoms with Gasteiger partial charge in [-0.2, -0.15) is 0 Å². The van der Waals surface area contributed by atoms with Crippen LogP contribution in [-0.2, 0) is 16.1 Å². The maximum atomic E-state index is 12.7. The summed E-state index contributed by atoms with van der Waals surface area (Å²) in [5.74, 6) is 0.521. The Morgan fingerprint density at radius 3 is 2.62 bits per heavy atom. The van der Waals surface area contributed by atoms with Crippen LogP contribution in [0.25, 0.3) is 0 Å². The summed E-state index contributed by atoms with van der Waals surface area (Å²) in [6.07, 6.45) is 1.90. The quantitative estimate of drug-likeness (QED) is 0.873. The van der Waals surface area contributed by atoms with Crippen LogP contribution in [-0.4, -0.2) is 42.3 Å². The molecule has 1 heterocycles. The van der Waals surface area contributed by atoms with Gasteiger partial charge in [0.1, 0.15) is 0 Å². The fraction of sp³-hybridized carbons (Fsp3) is 0.588. The van der Waals surface area contributed by atoms with Gasteiger partial charge in [0.15, 0.2) is 0 Å². The van der Waals surface area contributed by atoms with Gasteiger partial charge in [0.25, 0.3) is 0 Å². The number of carbonyl (C=O) groups excluding carboxylic acids is 1. The predicted octanol–water partition coefficient (Wildman–Crippen LogP) is 2.07. The lowest BCUT2D eigenvalue weighted by Gasteiger charge is -2.31. The number of carbonyl (C=O) groups is 1. The van der Waals surface area contributed by atoms with Crippen LogP contribution in [0.15, 0.2) is 30.3 Å². The van der Waals surface area contributed by atoms with Gasteiger partial charge >= 0.3 is 0 Å². The molecule has 116 valence electrons. The van der Waals surface area contributed by atoms with Crippen molar-refractivity contribution in [2.45, 2.75) is 26.3 Å². The Kier molecular flexibility index (Phi) is 6.21. The lowest BCUT2D eigenvalue weighted by atomic mass is 9.86. The maximum Gasteiger partial charge on any atom is 0.226 e. The Morgan fingerprint density at radius 1 is 1.33 bits per heavy atom. The number of aliphatic hydroxyl groups excluding tert-OH is 1. The minimum atomic E-state index is -0.0100. The molecule has 4 nitrogen and oxygen atoms in total. The second-order valence-corrected chi connectivity index (χ2v) is 5.71. The summed E-state index contributed by atoms with van der Waals surface area (Å²) >= 11 is 0. The van der Waals surface area contributed by atoms with Gasteiger partial charge in [-0.15, -0.1) is 0 Å². The molecule has 2 rings (SSSR count). The standard InChI is InChI=1S/C17H25NO3/c1-14(16-7-11-21-12-8-16)17(20)18(9-10-19)13-15-5-3-2-4-6-15/h2-6,14,16,19H,7-13H2,1H3. The van der Waals surface area contributed by atoms with Crippen LogP contribution >= 0.6 is 0 Å². The highest BCUT2D eigenvalue weighted by Crippen LogP contribution is 2.25. The fourth-order valence-electron chi connectivity index (χ4n) is 2.90. The van der Waals surface area contributed by atoms with Crippen molar-refractivity contribution < 1.29 is 14.6 Å². The number of aliphatic hydroxyl groups is 1. The van der Waals surface area contributed by atoms with Crippen molar-refractivity contribution in [2.24, 2.45) is 11.8 Å². The van der Waals surface area contributed by atoms with E-state index in [-0.39, 0.29) is 18.4 Å². The van der Waals surface area contributed by atoms with Gasteiger partial charge in [-0.25, -0.2) is 0 Å². The molecule has 21 heavy (non-hydrogen) atoms. The molecule has 0 saturated carbocycles. The van der Waals surface area contributed by atoms with E-state index in [1.807, 2.05) is 37.3 Å². The average Bonchev–Trinajstić information content (AvgIpc) is 2.55. The zero-order valence-electron chi connectivity index (χ0n) is 12.7. The summed E-state index contributed by atoms with van der Waals surface area (Å²) in [5.41, 5.74) is 1.10. The number of nitrogens with zero attached hydrogens (tertiary/aromatic N) is 1. The Labute approximate surface area is 126 Å². The topological polar surface area (TPSA) is 49.8 Å². The minimum absolute atomic E-state index is 0.000921. The van der Waals surface area contributed by atoms with Crippen LogP contribution in [0.5, 0.6) is 0 Å². The van der Waals surface area contributed by atoms with Gasteiger partial charge in [0.2, 0.25) is 5.91 Å². The molecule has 1 fully saturated rings. The molecule has 1 amide bonds. The number of benzene rings is 1. The molecule has 4 heteroatoms. The van der Waals surface area contributed by atoms with E-state index in [2.05, 4.69) is 0 Å². The minimum Gasteiger partial charge on any atom is -0.395 e. The van der Waals surface area contributed by atoms with Gasteiger partial charge in [0, 0.05) is 32.2 Å². The SMILES string of the molecule is CC(C(=O)N(CCO)Cc1ccccc1)C1CCOCC1. The number of ether oxygens (including phenoxy) is 1. The summed E-state index contributed by atoms with van der Waals surface area (Å²) in [7, 11) is 0. The van der Waals surface area contributed by atoms with E-state index in [1.165, 1.54) is 0 Å². The van der Waals surface area contributed by atoms with Gasteiger partial charge in [-0.1, -0.05) is 37.3 Å². The Hall–Kier alpha value is -1.39.